The Morgan fingerprint density at radius 1 is 1.17 bits per heavy atom. The topological polar surface area (TPSA) is 52.6 Å². The summed E-state index contributed by atoms with van der Waals surface area (Å²) in [6.45, 7) is 14.5. The van der Waals surface area contributed by atoms with Crippen molar-refractivity contribution >= 4 is 11.9 Å². The molecule has 18 heavy (non-hydrogen) atoms. The van der Waals surface area contributed by atoms with Crippen LogP contribution in [0.1, 0.15) is 27.7 Å². The number of hydrogen-bond acceptors (Lipinski definition) is 4. The summed E-state index contributed by atoms with van der Waals surface area (Å²) in [5, 5.41) is 0. The first-order chi connectivity index (χ1) is 8.24. The largest absolute Gasteiger partial charge is 0.462 e. The van der Waals surface area contributed by atoms with Gasteiger partial charge in [-0.05, 0) is 5.92 Å². The molecule has 1 atom stereocenters. The van der Waals surface area contributed by atoms with E-state index in [2.05, 4.69) is 13.2 Å². The quantitative estimate of drug-likeness (QED) is 0.517. The highest BCUT2D eigenvalue weighted by atomic mass is 16.6. The minimum absolute atomic E-state index is 0.103. The Balaban J connectivity index is 4.74. The third-order valence-corrected chi connectivity index (χ3v) is 2.54. The predicted octanol–water partition coefficient (Wildman–Crippen LogP) is 2.50. The SMILES string of the molecule is C=CC(=O)OCC(C)(C)C(OC(=O)C=C)C(C)C. The monoisotopic (exact) mass is 254 g/mol. The molecular formula is C14H22O4. The standard InChI is InChI=1S/C14H22O4/c1-7-11(15)17-9-14(5,6)13(10(3)4)18-12(16)8-2/h7-8,10,13H,1-2,9H2,3-6H3. The van der Waals surface area contributed by atoms with Crippen LogP contribution in [0.25, 0.3) is 0 Å². The lowest BCUT2D eigenvalue weighted by Gasteiger charge is -2.35. The summed E-state index contributed by atoms with van der Waals surface area (Å²) in [7, 11) is 0. The van der Waals surface area contributed by atoms with Crippen molar-refractivity contribution in [1.82, 2.24) is 0 Å². The van der Waals surface area contributed by atoms with Crippen LogP contribution in [-0.4, -0.2) is 24.6 Å². The van der Waals surface area contributed by atoms with E-state index in [0.717, 1.165) is 12.2 Å². The van der Waals surface area contributed by atoms with E-state index in [1.807, 2.05) is 27.7 Å². The first kappa shape index (κ1) is 16.4. The first-order valence-electron chi connectivity index (χ1n) is 5.86. The lowest BCUT2D eigenvalue weighted by atomic mass is 9.81. The normalized spacial score (nSPS) is 12.7. The zero-order chi connectivity index (χ0) is 14.3. The van der Waals surface area contributed by atoms with Crippen molar-refractivity contribution in [2.24, 2.45) is 11.3 Å². The molecule has 1 unspecified atom stereocenters. The van der Waals surface area contributed by atoms with Gasteiger partial charge in [0.15, 0.2) is 0 Å². The van der Waals surface area contributed by atoms with Gasteiger partial charge >= 0.3 is 11.9 Å². The van der Waals surface area contributed by atoms with Crippen LogP contribution in [-0.2, 0) is 19.1 Å². The summed E-state index contributed by atoms with van der Waals surface area (Å²) in [6, 6.07) is 0. The minimum Gasteiger partial charge on any atom is -0.462 e. The van der Waals surface area contributed by atoms with Crippen LogP contribution >= 0.6 is 0 Å². The maximum atomic E-state index is 11.3. The molecular weight excluding hydrogens is 232 g/mol. The van der Waals surface area contributed by atoms with Gasteiger partial charge in [0.1, 0.15) is 12.7 Å². The molecule has 0 aliphatic heterocycles. The fourth-order valence-electron chi connectivity index (χ4n) is 1.77. The van der Waals surface area contributed by atoms with Gasteiger partial charge in [0.05, 0.1) is 0 Å². The minimum atomic E-state index is -0.486. The van der Waals surface area contributed by atoms with E-state index in [1.165, 1.54) is 0 Å². The van der Waals surface area contributed by atoms with Crippen molar-refractivity contribution in [3.05, 3.63) is 25.3 Å². The zero-order valence-electron chi connectivity index (χ0n) is 11.6. The summed E-state index contributed by atoms with van der Waals surface area (Å²) < 4.78 is 10.3. The fourth-order valence-corrected chi connectivity index (χ4v) is 1.77. The predicted molar refractivity (Wildman–Crippen MR) is 69.9 cm³/mol. The molecule has 0 N–H and O–H groups in total. The molecule has 0 aromatic carbocycles. The lowest BCUT2D eigenvalue weighted by Crippen LogP contribution is -2.41. The van der Waals surface area contributed by atoms with Gasteiger partial charge in [-0.3, -0.25) is 0 Å². The van der Waals surface area contributed by atoms with Crippen molar-refractivity contribution in [3.8, 4) is 0 Å². The van der Waals surface area contributed by atoms with Crippen molar-refractivity contribution in [2.45, 2.75) is 33.8 Å². The average Bonchev–Trinajstić information content (AvgIpc) is 2.31. The number of ether oxygens (including phenoxy) is 2. The van der Waals surface area contributed by atoms with E-state index in [4.69, 9.17) is 9.47 Å². The Morgan fingerprint density at radius 2 is 1.67 bits per heavy atom. The van der Waals surface area contributed by atoms with Crippen LogP contribution in [0.15, 0.2) is 25.3 Å². The molecule has 0 saturated carbocycles. The summed E-state index contributed by atoms with van der Waals surface area (Å²) in [4.78, 5) is 22.4. The van der Waals surface area contributed by atoms with E-state index < -0.39 is 17.4 Å². The molecule has 0 aromatic heterocycles. The summed E-state index contributed by atoms with van der Waals surface area (Å²) >= 11 is 0. The van der Waals surface area contributed by atoms with Crippen molar-refractivity contribution in [1.29, 1.82) is 0 Å². The van der Waals surface area contributed by atoms with Crippen LogP contribution in [0.4, 0.5) is 0 Å². The van der Waals surface area contributed by atoms with E-state index in [0.29, 0.717) is 0 Å². The highest BCUT2D eigenvalue weighted by molar-refractivity contribution is 5.81. The Bertz CT molecular complexity index is 329. The Kier molecular flexibility index (Phi) is 6.37. The summed E-state index contributed by atoms with van der Waals surface area (Å²) in [5.41, 5.74) is -0.481. The molecule has 0 fully saturated rings. The molecule has 0 aromatic rings. The molecule has 0 amide bonds. The van der Waals surface area contributed by atoms with Crippen LogP contribution < -0.4 is 0 Å². The van der Waals surface area contributed by atoms with E-state index in [1.54, 1.807) is 0 Å². The maximum absolute atomic E-state index is 11.3. The van der Waals surface area contributed by atoms with Crippen LogP contribution in [0.3, 0.4) is 0 Å². The average molecular weight is 254 g/mol. The molecule has 0 rings (SSSR count). The molecule has 4 nitrogen and oxygen atoms in total. The van der Waals surface area contributed by atoms with Gasteiger partial charge in [-0.25, -0.2) is 9.59 Å². The maximum Gasteiger partial charge on any atom is 0.330 e. The van der Waals surface area contributed by atoms with Crippen LogP contribution in [0, 0.1) is 11.3 Å². The molecule has 102 valence electrons. The molecule has 0 aliphatic rings. The second-order valence-corrected chi connectivity index (χ2v) is 5.11. The van der Waals surface area contributed by atoms with E-state index in [-0.39, 0.29) is 18.6 Å². The van der Waals surface area contributed by atoms with Crippen LogP contribution in [0.2, 0.25) is 0 Å². The number of rotatable bonds is 7. The van der Waals surface area contributed by atoms with Gasteiger partial charge in [0, 0.05) is 17.6 Å². The van der Waals surface area contributed by atoms with Gasteiger partial charge in [0.2, 0.25) is 0 Å². The second-order valence-electron chi connectivity index (χ2n) is 5.11. The number of hydrogen-bond donors (Lipinski definition) is 0. The first-order valence-corrected chi connectivity index (χ1v) is 5.86. The molecule has 0 heterocycles. The highest BCUT2D eigenvalue weighted by Gasteiger charge is 2.36. The van der Waals surface area contributed by atoms with Gasteiger partial charge in [-0.2, -0.15) is 0 Å². The van der Waals surface area contributed by atoms with Gasteiger partial charge < -0.3 is 9.47 Å². The van der Waals surface area contributed by atoms with E-state index in [9.17, 15) is 9.59 Å². The fraction of sp³-hybridized carbons (Fsp3) is 0.571. The second kappa shape index (κ2) is 6.99. The molecule has 0 spiro atoms. The summed E-state index contributed by atoms with van der Waals surface area (Å²) in [5.74, 6) is -0.858. The third-order valence-electron chi connectivity index (χ3n) is 2.54. The third kappa shape index (κ3) is 5.17. The van der Waals surface area contributed by atoms with Crippen molar-refractivity contribution in [2.75, 3.05) is 6.61 Å². The molecule has 4 heteroatoms. The Morgan fingerprint density at radius 3 is 2.06 bits per heavy atom. The number of carbonyl (C=O) groups excluding carboxylic acids is 2. The summed E-state index contributed by atoms with van der Waals surface area (Å²) in [6.07, 6.45) is 1.87. The Hall–Kier alpha value is -1.58. The van der Waals surface area contributed by atoms with Crippen LogP contribution in [0.5, 0.6) is 0 Å². The highest BCUT2D eigenvalue weighted by Crippen LogP contribution is 2.29. The lowest BCUT2D eigenvalue weighted by molar-refractivity contribution is -0.159. The molecule has 0 radical (unpaired) electrons. The van der Waals surface area contributed by atoms with Gasteiger partial charge in [-0.1, -0.05) is 40.9 Å². The zero-order valence-corrected chi connectivity index (χ0v) is 11.6. The van der Waals surface area contributed by atoms with E-state index >= 15 is 0 Å². The molecule has 0 saturated heterocycles. The smallest absolute Gasteiger partial charge is 0.330 e. The Labute approximate surface area is 109 Å². The number of esters is 2. The van der Waals surface area contributed by atoms with Gasteiger partial charge in [-0.15, -0.1) is 0 Å². The molecule has 0 aliphatic carbocycles. The number of carbonyl (C=O) groups is 2. The van der Waals surface area contributed by atoms with Crippen molar-refractivity contribution < 1.29 is 19.1 Å². The van der Waals surface area contributed by atoms with Gasteiger partial charge in [0.25, 0.3) is 0 Å². The van der Waals surface area contributed by atoms with Crippen molar-refractivity contribution in [3.63, 3.8) is 0 Å². The molecule has 0 bridgehead atoms.